The van der Waals surface area contributed by atoms with Crippen molar-refractivity contribution in [1.82, 2.24) is 15.3 Å². The van der Waals surface area contributed by atoms with E-state index >= 15 is 0 Å². The summed E-state index contributed by atoms with van der Waals surface area (Å²) in [5.74, 6) is 0. The Labute approximate surface area is 132 Å². The van der Waals surface area contributed by atoms with Crippen molar-refractivity contribution in [3.63, 3.8) is 0 Å². The van der Waals surface area contributed by atoms with Gasteiger partial charge < -0.3 is 5.32 Å². The third-order valence-corrected chi connectivity index (χ3v) is 6.06. The molecular formula is C16H17N3S2. The smallest absolute Gasteiger partial charge is 0.125 e. The van der Waals surface area contributed by atoms with E-state index in [1.165, 1.54) is 28.1 Å². The van der Waals surface area contributed by atoms with Gasteiger partial charge in [-0.3, -0.25) is 4.98 Å². The Balaban J connectivity index is 1.75. The van der Waals surface area contributed by atoms with Crippen molar-refractivity contribution < 1.29 is 0 Å². The van der Waals surface area contributed by atoms with Crippen LogP contribution in [0, 0.1) is 0 Å². The first-order valence-corrected chi connectivity index (χ1v) is 9.11. The van der Waals surface area contributed by atoms with E-state index < -0.39 is 0 Å². The maximum Gasteiger partial charge on any atom is 0.125 e. The van der Waals surface area contributed by atoms with Gasteiger partial charge in [0.2, 0.25) is 0 Å². The molecule has 1 aliphatic rings. The molecule has 0 amide bonds. The summed E-state index contributed by atoms with van der Waals surface area (Å²) in [5.41, 5.74) is 3.52. The van der Waals surface area contributed by atoms with Crippen LogP contribution in [0.25, 0.3) is 20.8 Å². The van der Waals surface area contributed by atoms with Crippen molar-refractivity contribution in [3.8, 4) is 10.6 Å². The minimum atomic E-state index is 0.489. The van der Waals surface area contributed by atoms with Crippen molar-refractivity contribution >= 4 is 32.9 Å². The minimum Gasteiger partial charge on any atom is -0.309 e. The zero-order valence-corrected chi connectivity index (χ0v) is 13.6. The third kappa shape index (κ3) is 2.39. The van der Waals surface area contributed by atoms with Gasteiger partial charge in [0.1, 0.15) is 5.01 Å². The number of nitrogens with one attached hydrogen (secondary N) is 1. The van der Waals surface area contributed by atoms with Crippen molar-refractivity contribution in [3.05, 3.63) is 34.3 Å². The molecule has 3 aromatic heterocycles. The first-order chi connectivity index (χ1) is 10.3. The van der Waals surface area contributed by atoms with Gasteiger partial charge in [-0.15, -0.1) is 22.7 Å². The fraction of sp³-hybridized carbons (Fsp3) is 0.375. The molecule has 1 aliphatic carbocycles. The second-order valence-corrected chi connectivity index (χ2v) is 7.34. The Kier molecular flexibility index (Phi) is 3.49. The van der Waals surface area contributed by atoms with Crippen LogP contribution in [0.2, 0.25) is 0 Å². The molecule has 108 valence electrons. The fourth-order valence-corrected chi connectivity index (χ4v) is 4.93. The van der Waals surface area contributed by atoms with Gasteiger partial charge in [-0.2, -0.15) is 0 Å². The number of hydrogen-bond donors (Lipinski definition) is 1. The largest absolute Gasteiger partial charge is 0.309 e. The van der Waals surface area contributed by atoms with Crippen LogP contribution in [0.15, 0.2) is 23.7 Å². The lowest BCUT2D eigenvalue weighted by molar-refractivity contribution is 0.476. The Morgan fingerprint density at radius 1 is 1.43 bits per heavy atom. The second kappa shape index (κ2) is 5.48. The summed E-state index contributed by atoms with van der Waals surface area (Å²) in [6, 6.07) is 4.78. The molecule has 0 fully saturated rings. The van der Waals surface area contributed by atoms with Crippen LogP contribution in [0.4, 0.5) is 0 Å². The predicted molar refractivity (Wildman–Crippen MR) is 90.1 cm³/mol. The van der Waals surface area contributed by atoms with Gasteiger partial charge in [-0.1, -0.05) is 6.92 Å². The van der Waals surface area contributed by atoms with Crippen molar-refractivity contribution in [2.24, 2.45) is 0 Å². The van der Waals surface area contributed by atoms with E-state index in [9.17, 15) is 0 Å². The number of rotatable bonds is 3. The normalized spacial score (nSPS) is 18.0. The van der Waals surface area contributed by atoms with E-state index in [1.807, 2.05) is 17.5 Å². The van der Waals surface area contributed by atoms with Crippen LogP contribution in [-0.4, -0.2) is 16.5 Å². The van der Waals surface area contributed by atoms with E-state index in [0.29, 0.717) is 6.04 Å². The highest BCUT2D eigenvalue weighted by atomic mass is 32.1. The number of thiophene rings is 1. The molecule has 0 aromatic carbocycles. The lowest BCUT2D eigenvalue weighted by Gasteiger charge is -2.21. The molecule has 21 heavy (non-hydrogen) atoms. The maximum absolute atomic E-state index is 4.89. The maximum atomic E-state index is 4.89. The van der Waals surface area contributed by atoms with Crippen molar-refractivity contribution in [1.29, 1.82) is 0 Å². The fourth-order valence-electron chi connectivity index (χ4n) is 2.95. The molecule has 3 aromatic rings. The molecule has 0 saturated carbocycles. The summed E-state index contributed by atoms with van der Waals surface area (Å²) >= 11 is 3.58. The van der Waals surface area contributed by atoms with Crippen LogP contribution in [0.5, 0.6) is 0 Å². The molecule has 5 heteroatoms. The number of pyridine rings is 1. The Morgan fingerprint density at radius 3 is 3.29 bits per heavy atom. The summed E-state index contributed by atoms with van der Waals surface area (Å²) in [6.45, 7) is 3.19. The summed E-state index contributed by atoms with van der Waals surface area (Å²) in [6.07, 6.45) is 5.53. The molecule has 0 spiro atoms. The molecule has 0 aliphatic heterocycles. The number of thiazole rings is 1. The van der Waals surface area contributed by atoms with E-state index in [4.69, 9.17) is 4.98 Å². The monoisotopic (exact) mass is 315 g/mol. The Hall–Kier alpha value is -1.30. The molecule has 4 rings (SSSR count). The van der Waals surface area contributed by atoms with Gasteiger partial charge in [-0.25, -0.2) is 4.98 Å². The number of aromatic nitrogens is 2. The molecule has 0 saturated heterocycles. The quantitative estimate of drug-likeness (QED) is 0.778. The van der Waals surface area contributed by atoms with Crippen molar-refractivity contribution in [2.45, 2.75) is 32.2 Å². The summed E-state index contributed by atoms with van der Waals surface area (Å²) in [4.78, 5) is 10.9. The standard InChI is InChI=1S/C16H17N3S2/c1-2-17-12-4-3-5-13-15(12)21-16(19-13)10-8-14-11(18-9-10)6-7-20-14/h6-9,12,17H,2-5H2,1H3. The number of fused-ring (bicyclic) bond motifs is 2. The molecule has 1 unspecified atom stereocenters. The predicted octanol–water partition coefficient (Wildman–Crippen LogP) is 4.41. The Morgan fingerprint density at radius 2 is 2.38 bits per heavy atom. The molecule has 0 bridgehead atoms. The van der Waals surface area contributed by atoms with E-state index in [1.54, 1.807) is 11.3 Å². The van der Waals surface area contributed by atoms with Crippen LogP contribution in [0.3, 0.4) is 0 Å². The molecule has 1 atom stereocenters. The van der Waals surface area contributed by atoms with Crippen LogP contribution < -0.4 is 5.32 Å². The van der Waals surface area contributed by atoms with Gasteiger partial charge in [-0.05, 0) is 43.3 Å². The molecule has 3 heterocycles. The number of nitrogens with zero attached hydrogens (tertiary/aromatic N) is 2. The average Bonchev–Trinajstić information content (AvgIpc) is 3.13. The highest BCUT2D eigenvalue weighted by Gasteiger charge is 2.24. The SMILES string of the molecule is CCNC1CCCc2nc(-c3cnc4ccsc4c3)sc21. The summed E-state index contributed by atoms with van der Waals surface area (Å²) < 4.78 is 1.24. The molecule has 3 nitrogen and oxygen atoms in total. The molecule has 0 radical (unpaired) electrons. The van der Waals surface area contributed by atoms with Crippen LogP contribution >= 0.6 is 22.7 Å². The zero-order valence-electron chi connectivity index (χ0n) is 11.9. The lowest BCUT2D eigenvalue weighted by Crippen LogP contribution is -2.23. The van der Waals surface area contributed by atoms with Crippen molar-refractivity contribution in [2.75, 3.05) is 6.54 Å². The number of aryl methyl sites for hydroxylation is 1. The van der Waals surface area contributed by atoms with Crippen LogP contribution in [0.1, 0.15) is 36.4 Å². The number of hydrogen-bond acceptors (Lipinski definition) is 5. The van der Waals surface area contributed by atoms with Gasteiger partial charge >= 0.3 is 0 Å². The van der Waals surface area contributed by atoms with Gasteiger partial charge in [0.05, 0.1) is 15.9 Å². The van der Waals surface area contributed by atoms with Gasteiger partial charge in [0.15, 0.2) is 0 Å². The van der Waals surface area contributed by atoms with E-state index in [2.05, 4.69) is 34.7 Å². The first kappa shape index (κ1) is 13.4. The highest BCUT2D eigenvalue weighted by Crippen LogP contribution is 2.38. The second-order valence-electron chi connectivity index (χ2n) is 5.36. The lowest BCUT2D eigenvalue weighted by atomic mass is 9.98. The molecular weight excluding hydrogens is 298 g/mol. The zero-order chi connectivity index (χ0) is 14.2. The minimum absolute atomic E-state index is 0.489. The third-order valence-electron chi connectivity index (χ3n) is 3.95. The topological polar surface area (TPSA) is 37.8 Å². The highest BCUT2D eigenvalue weighted by molar-refractivity contribution is 7.17. The summed E-state index contributed by atoms with van der Waals surface area (Å²) in [5, 5.41) is 6.80. The average molecular weight is 315 g/mol. The van der Waals surface area contributed by atoms with Gasteiger partial charge in [0.25, 0.3) is 0 Å². The van der Waals surface area contributed by atoms with E-state index in [-0.39, 0.29) is 0 Å². The van der Waals surface area contributed by atoms with E-state index in [0.717, 1.165) is 29.1 Å². The summed E-state index contributed by atoms with van der Waals surface area (Å²) in [7, 11) is 0. The van der Waals surface area contributed by atoms with Gasteiger partial charge in [0, 0.05) is 22.7 Å². The van der Waals surface area contributed by atoms with Crippen LogP contribution in [-0.2, 0) is 6.42 Å². The molecule has 1 N–H and O–H groups in total. The Bertz CT molecular complexity index is 775. The first-order valence-electron chi connectivity index (χ1n) is 7.41.